The van der Waals surface area contributed by atoms with Gasteiger partial charge in [0, 0.05) is 19.6 Å². The Bertz CT molecular complexity index is 743. The molecular formula is C18H26FN3O3S. The Labute approximate surface area is 154 Å². The lowest BCUT2D eigenvalue weighted by molar-refractivity contribution is -0.123. The molecule has 1 aromatic rings. The van der Waals surface area contributed by atoms with Crippen LogP contribution >= 0.6 is 0 Å². The summed E-state index contributed by atoms with van der Waals surface area (Å²) >= 11 is 0. The number of amides is 1. The number of nitrogens with zero attached hydrogens (tertiary/aromatic N) is 1. The summed E-state index contributed by atoms with van der Waals surface area (Å²) < 4.78 is 40.7. The van der Waals surface area contributed by atoms with E-state index < -0.39 is 15.8 Å². The Morgan fingerprint density at radius 2 is 2.12 bits per heavy atom. The van der Waals surface area contributed by atoms with Crippen molar-refractivity contribution in [3.8, 4) is 0 Å². The Kier molecular flexibility index (Phi) is 5.94. The lowest BCUT2D eigenvalue weighted by Gasteiger charge is -2.32. The molecule has 2 saturated heterocycles. The zero-order valence-electron chi connectivity index (χ0n) is 15.0. The molecule has 2 fully saturated rings. The number of rotatable bonds is 5. The molecule has 2 aliphatic rings. The molecule has 2 unspecified atom stereocenters. The van der Waals surface area contributed by atoms with E-state index in [0.29, 0.717) is 25.2 Å². The van der Waals surface area contributed by atoms with Crippen molar-refractivity contribution in [2.45, 2.75) is 43.5 Å². The molecule has 3 rings (SSSR count). The molecule has 2 aliphatic heterocycles. The van der Waals surface area contributed by atoms with Crippen molar-refractivity contribution in [2.24, 2.45) is 5.92 Å². The smallest absolute Gasteiger partial charge is 0.243 e. The van der Waals surface area contributed by atoms with Crippen molar-refractivity contribution in [2.75, 3.05) is 26.2 Å². The van der Waals surface area contributed by atoms with E-state index >= 15 is 0 Å². The van der Waals surface area contributed by atoms with Crippen LogP contribution < -0.4 is 10.6 Å². The van der Waals surface area contributed by atoms with Gasteiger partial charge in [0.15, 0.2) is 0 Å². The minimum Gasteiger partial charge on any atom is -0.354 e. The third-order valence-electron chi connectivity index (χ3n) is 5.08. The van der Waals surface area contributed by atoms with Gasteiger partial charge in [-0.3, -0.25) is 4.79 Å². The van der Waals surface area contributed by atoms with Crippen LogP contribution in [0.15, 0.2) is 23.1 Å². The first-order valence-corrected chi connectivity index (χ1v) is 10.6. The molecule has 26 heavy (non-hydrogen) atoms. The number of carbonyl (C=O) groups is 1. The lowest BCUT2D eigenvalue weighted by atomic mass is 9.99. The third-order valence-corrected chi connectivity index (χ3v) is 6.92. The minimum absolute atomic E-state index is 0.00478. The maximum Gasteiger partial charge on any atom is 0.243 e. The van der Waals surface area contributed by atoms with Crippen molar-refractivity contribution in [3.63, 3.8) is 0 Å². The van der Waals surface area contributed by atoms with E-state index in [-0.39, 0.29) is 22.8 Å². The van der Waals surface area contributed by atoms with Crippen LogP contribution in [0.25, 0.3) is 0 Å². The molecular weight excluding hydrogens is 357 g/mol. The van der Waals surface area contributed by atoms with Crippen LogP contribution in [0.3, 0.4) is 0 Å². The van der Waals surface area contributed by atoms with Gasteiger partial charge in [-0.05, 0) is 68.8 Å². The van der Waals surface area contributed by atoms with Gasteiger partial charge in [-0.15, -0.1) is 0 Å². The molecule has 0 aromatic heterocycles. The molecule has 144 valence electrons. The van der Waals surface area contributed by atoms with E-state index in [0.717, 1.165) is 38.3 Å². The molecule has 0 saturated carbocycles. The summed E-state index contributed by atoms with van der Waals surface area (Å²) in [6.45, 7) is 3.77. The van der Waals surface area contributed by atoms with Crippen LogP contribution in [-0.2, 0) is 14.8 Å². The first-order valence-electron chi connectivity index (χ1n) is 9.15. The molecule has 0 radical (unpaired) electrons. The zero-order valence-corrected chi connectivity index (χ0v) is 15.8. The second kappa shape index (κ2) is 8.02. The summed E-state index contributed by atoms with van der Waals surface area (Å²) in [6, 6.07) is 3.74. The van der Waals surface area contributed by atoms with Crippen LogP contribution in [0.2, 0.25) is 0 Å². The Morgan fingerprint density at radius 3 is 2.81 bits per heavy atom. The molecule has 2 atom stereocenters. The van der Waals surface area contributed by atoms with Gasteiger partial charge in [0.2, 0.25) is 15.9 Å². The summed E-state index contributed by atoms with van der Waals surface area (Å²) in [4.78, 5) is 12.1. The maximum absolute atomic E-state index is 13.6. The summed E-state index contributed by atoms with van der Waals surface area (Å²) in [6.07, 6.45) is 3.44. The van der Waals surface area contributed by atoms with Crippen LogP contribution in [-0.4, -0.2) is 50.9 Å². The number of benzene rings is 1. The van der Waals surface area contributed by atoms with E-state index in [4.69, 9.17) is 0 Å². The monoisotopic (exact) mass is 383 g/mol. The minimum atomic E-state index is -3.73. The van der Waals surface area contributed by atoms with Crippen LogP contribution in [0.4, 0.5) is 4.39 Å². The fourth-order valence-electron chi connectivity index (χ4n) is 3.69. The van der Waals surface area contributed by atoms with Crippen molar-refractivity contribution >= 4 is 15.9 Å². The van der Waals surface area contributed by atoms with Crippen molar-refractivity contribution in [1.82, 2.24) is 14.9 Å². The molecule has 0 bridgehead atoms. The number of hydrogen-bond donors (Lipinski definition) is 2. The Hall–Kier alpha value is -1.51. The highest BCUT2D eigenvalue weighted by atomic mass is 32.2. The topological polar surface area (TPSA) is 78.5 Å². The summed E-state index contributed by atoms with van der Waals surface area (Å²) in [5, 5.41) is 6.10. The SMILES string of the molecule is Cc1cc(F)cc(S(=O)(=O)N2CCCC(CNC(=O)C3CCCN3)C2)c1. The van der Waals surface area contributed by atoms with Crippen LogP contribution in [0.5, 0.6) is 0 Å². The summed E-state index contributed by atoms with van der Waals surface area (Å²) in [5.74, 6) is -0.491. The van der Waals surface area contributed by atoms with Gasteiger partial charge in [0.1, 0.15) is 5.82 Å². The quantitative estimate of drug-likeness (QED) is 0.806. The Morgan fingerprint density at radius 1 is 1.31 bits per heavy atom. The number of carbonyl (C=O) groups excluding carboxylic acids is 1. The first kappa shape index (κ1) is 19.3. The third kappa shape index (κ3) is 4.42. The average molecular weight is 383 g/mol. The van der Waals surface area contributed by atoms with Gasteiger partial charge < -0.3 is 10.6 Å². The van der Waals surface area contributed by atoms with Crippen molar-refractivity contribution in [3.05, 3.63) is 29.6 Å². The highest BCUT2D eigenvalue weighted by Crippen LogP contribution is 2.24. The number of piperidine rings is 1. The molecule has 8 heteroatoms. The fourth-order valence-corrected chi connectivity index (χ4v) is 5.36. The van der Waals surface area contributed by atoms with Gasteiger partial charge in [0.05, 0.1) is 10.9 Å². The molecule has 6 nitrogen and oxygen atoms in total. The predicted molar refractivity (Wildman–Crippen MR) is 96.7 cm³/mol. The number of nitrogens with one attached hydrogen (secondary N) is 2. The van der Waals surface area contributed by atoms with Gasteiger partial charge in [-0.1, -0.05) is 0 Å². The molecule has 2 heterocycles. The molecule has 0 aliphatic carbocycles. The first-order chi connectivity index (χ1) is 12.4. The number of hydrogen-bond acceptors (Lipinski definition) is 4. The number of aryl methyl sites for hydroxylation is 1. The Balaban J connectivity index is 1.62. The van der Waals surface area contributed by atoms with Crippen molar-refractivity contribution < 1.29 is 17.6 Å². The molecule has 0 spiro atoms. The summed E-state index contributed by atoms with van der Waals surface area (Å²) in [5.41, 5.74) is 0.577. The highest BCUT2D eigenvalue weighted by molar-refractivity contribution is 7.89. The van der Waals surface area contributed by atoms with Crippen molar-refractivity contribution in [1.29, 1.82) is 0 Å². The standard InChI is InChI=1S/C18H26FN3O3S/c1-13-8-15(19)10-16(9-13)26(24,25)22-7-3-4-14(12-22)11-21-18(23)17-5-2-6-20-17/h8-10,14,17,20H,2-7,11-12H2,1H3,(H,21,23). The fraction of sp³-hybridized carbons (Fsp3) is 0.611. The second-order valence-corrected chi connectivity index (χ2v) is 9.17. The van der Waals surface area contributed by atoms with Gasteiger partial charge in [-0.2, -0.15) is 4.31 Å². The number of halogens is 1. The molecule has 2 N–H and O–H groups in total. The number of sulfonamides is 1. The maximum atomic E-state index is 13.6. The van der Waals surface area contributed by atoms with E-state index in [2.05, 4.69) is 10.6 Å². The van der Waals surface area contributed by atoms with Gasteiger partial charge in [-0.25, -0.2) is 12.8 Å². The zero-order chi connectivity index (χ0) is 18.7. The van der Waals surface area contributed by atoms with E-state index in [9.17, 15) is 17.6 Å². The van der Waals surface area contributed by atoms with E-state index in [1.807, 2.05) is 0 Å². The normalized spacial score (nSPS) is 24.5. The van der Waals surface area contributed by atoms with Gasteiger partial charge >= 0.3 is 0 Å². The summed E-state index contributed by atoms with van der Waals surface area (Å²) in [7, 11) is -3.73. The molecule has 1 amide bonds. The average Bonchev–Trinajstić information content (AvgIpc) is 3.14. The largest absolute Gasteiger partial charge is 0.354 e. The lowest BCUT2D eigenvalue weighted by Crippen LogP contribution is -2.46. The van der Waals surface area contributed by atoms with E-state index in [1.165, 1.54) is 16.4 Å². The predicted octanol–water partition coefficient (Wildman–Crippen LogP) is 1.40. The molecule has 1 aromatic carbocycles. The van der Waals surface area contributed by atoms with E-state index in [1.54, 1.807) is 6.92 Å². The highest BCUT2D eigenvalue weighted by Gasteiger charge is 2.31. The van der Waals surface area contributed by atoms with Gasteiger partial charge in [0.25, 0.3) is 0 Å². The van der Waals surface area contributed by atoms with Crippen LogP contribution in [0.1, 0.15) is 31.2 Å². The van der Waals surface area contributed by atoms with Crippen LogP contribution in [0, 0.1) is 18.7 Å². The second-order valence-electron chi connectivity index (χ2n) is 7.23.